The van der Waals surface area contributed by atoms with Crippen molar-refractivity contribution in [1.82, 2.24) is 25.5 Å². The Morgan fingerprint density at radius 1 is 1.43 bits per heavy atom. The minimum absolute atomic E-state index is 0.0632. The van der Waals surface area contributed by atoms with Gasteiger partial charge in [0.2, 0.25) is 5.91 Å². The van der Waals surface area contributed by atoms with E-state index in [1.165, 1.54) is 22.5 Å². The summed E-state index contributed by atoms with van der Waals surface area (Å²) in [7, 11) is 0. The second-order valence-electron chi connectivity index (χ2n) is 5.55. The van der Waals surface area contributed by atoms with Crippen molar-refractivity contribution >= 4 is 17.7 Å². The number of hydrogen-bond acceptors (Lipinski definition) is 5. The number of carbonyl (C=O) groups excluding carboxylic acids is 1. The summed E-state index contributed by atoms with van der Waals surface area (Å²) in [6.45, 7) is 2.62. The molecule has 1 atom stereocenters. The van der Waals surface area contributed by atoms with Crippen LogP contribution >= 0.6 is 11.8 Å². The van der Waals surface area contributed by atoms with Gasteiger partial charge in [-0.15, -0.1) is 16.9 Å². The van der Waals surface area contributed by atoms with Gasteiger partial charge < -0.3 is 5.32 Å². The summed E-state index contributed by atoms with van der Waals surface area (Å²) in [5.74, 6) is 0.685. The highest BCUT2D eigenvalue weighted by Crippen LogP contribution is 2.24. The number of thioether (sulfide) groups is 1. The predicted octanol–water partition coefficient (Wildman–Crippen LogP) is 2.01. The molecular formula is C15H18FN5OS. The standard InChI is InChI=1S/C15H18FN5OS/c1-10-5-6-11(16)12(8-10)21-14(18-19-20-21)9-23-13-4-2-3-7-17-15(13)22/h5-6,8,13H,2-4,7,9H2,1H3,(H,17,22)/t13-/m0/s1. The van der Waals surface area contributed by atoms with E-state index in [2.05, 4.69) is 20.8 Å². The Morgan fingerprint density at radius 3 is 3.17 bits per heavy atom. The van der Waals surface area contributed by atoms with Crippen LogP contribution in [0.15, 0.2) is 18.2 Å². The zero-order chi connectivity index (χ0) is 16.2. The number of hydrogen-bond donors (Lipinski definition) is 1. The molecule has 6 nitrogen and oxygen atoms in total. The largest absolute Gasteiger partial charge is 0.355 e. The van der Waals surface area contributed by atoms with E-state index in [0.717, 1.165) is 31.4 Å². The number of carbonyl (C=O) groups is 1. The number of benzene rings is 1. The molecule has 1 aliphatic rings. The lowest BCUT2D eigenvalue weighted by Gasteiger charge is -2.12. The molecule has 1 aliphatic heterocycles. The maximum Gasteiger partial charge on any atom is 0.233 e. The van der Waals surface area contributed by atoms with Crippen molar-refractivity contribution < 1.29 is 9.18 Å². The van der Waals surface area contributed by atoms with E-state index < -0.39 is 0 Å². The molecule has 1 aromatic heterocycles. The van der Waals surface area contributed by atoms with Crippen LogP contribution < -0.4 is 5.32 Å². The molecule has 0 unspecified atom stereocenters. The van der Waals surface area contributed by atoms with Crippen LogP contribution in [-0.4, -0.2) is 37.9 Å². The number of halogens is 1. The van der Waals surface area contributed by atoms with Crippen molar-refractivity contribution in [3.8, 4) is 5.69 Å². The third-order valence-electron chi connectivity index (χ3n) is 3.76. The van der Waals surface area contributed by atoms with Gasteiger partial charge >= 0.3 is 0 Å². The highest BCUT2D eigenvalue weighted by molar-refractivity contribution is 7.99. The van der Waals surface area contributed by atoms with Crippen molar-refractivity contribution in [2.75, 3.05) is 6.54 Å². The Hall–Kier alpha value is -1.96. The zero-order valence-corrected chi connectivity index (χ0v) is 13.6. The van der Waals surface area contributed by atoms with Crippen molar-refractivity contribution in [2.45, 2.75) is 37.2 Å². The second-order valence-corrected chi connectivity index (χ2v) is 6.74. The van der Waals surface area contributed by atoms with E-state index in [9.17, 15) is 9.18 Å². The maximum atomic E-state index is 14.0. The fourth-order valence-electron chi connectivity index (χ4n) is 2.51. The Kier molecular flexibility index (Phi) is 4.90. The van der Waals surface area contributed by atoms with Crippen molar-refractivity contribution in [1.29, 1.82) is 0 Å². The van der Waals surface area contributed by atoms with Gasteiger partial charge in [0, 0.05) is 6.54 Å². The Labute approximate surface area is 137 Å². The van der Waals surface area contributed by atoms with E-state index >= 15 is 0 Å². The average Bonchev–Trinajstić information content (AvgIpc) is 2.90. The first-order valence-corrected chi connectivity index (χ1v) is 8.63. The molecule has 8 heteroatoms. The lowest BCUT2D eigenvalue weighted by molar-refractivity contribution is -0.120. The number of tetrazole rings is 1. The van der Waals surface area contributed by atoms with Crippen LogP contribution in [0.4, 0.5) is 4.39 Å². The number of nitrogens with one attached hydrogen (secondary N) is 1. The molecule has 2 aromatic rings. The van der Waals surface area contributed by atoms with E-state index in [1.807, 2.05) is 6.92 Å². The highest BCUT2D eigenvalue weighted by atomic mass is 32.2. The summed E-state index contributed by atoms with van der Waals surface area (Å²) in [5.41, 5.74) is 1.26. The third kappa shape index (κ3) is 3.69. The fourth-order valence-corrected chi connectivity index (χ4v) is 3.61. The summed E-state index contributed by atoms with van der Waals surface area (Å²) in [6.07, 6.45) is 2.87. The van der Waals surface area contributed by atoms with Gasteiger partial charge in [0.15, 0.2) is 5.82 Å². The average molecular weight is 335 g/mol. The molecule has 3 rings (SSSR count). The molecule has 1 saturated heterocycles. The lowest BCUT2D eigenvalue weighted by atomic mass is 10.2. The number of amides is 1. The molecule has 0 aliphatic carbocycles. The van der Waals surface area contributed by atoms with E-state index in [0.29, 0.717) is 17.3 Å². The second kappa shape index (κ2) is 7.08. The summed E-state index contributed by atoms with van der Waals surface area (Å²) in [6, 6.07) is 4.81. The van der Waals surface area contributed by atoms with Gasteiger partial charge in [0.25, 0.3) is 0 Å². The summed E-state index contributed by atoms with van der Waals surface area (Å²) >= 11 is 1.50. The first-order valence-electron chi connectivity index (χ1n) is 7.58. The third-order valence-corrected chi connectivity index (χ3v) is 5.04. The number of aryl methyl sites for hydroxylation is 1. The van der Waals surface area contributed by atoms with E-state index in [4.69, 9.17) is 0 Å². The SMILES string of the molecule is Cc1ccc(F)c(-n2nnnc2CS[C@H]2CCCCNC2=O)c1. The van der Waals surface area contributed by atoms with Gasteiger partial charge in [0.1, 0.15) is 11.5 Å². The number of aromatic nitrogens is 4. The molecule has 0 saturated carbocycles. The monoisotopic (exact) mass is 335 g/mol. The maximum absolute atomic E-state index is 14.0. The minimum Gasteiger partial charge on any atom is -0.355 e. The summed E-state index contributed by atoms with van der Waals surface area (Å²) < 4.78 is 15.4. The van der Waals surface area contributed by atoms with Gasteiger partial charge in [-0.2, -0.15) is 4.68 Å². The number of rotatable bonds is 4. The molecule has 0 spiro atoms. The van der Waals surface area contributed by atoms with Crippen LogP contribution in [0.3, 0.4) is 0 Å². The fraction of sp³-hybridized carbons (Fsp3) is 0.467. The number of nitrogens with zero attached hydrogens (tertiary/aromatic N) is 4. The van der Waals surface area contributed by atoms with Gasteiger partial charge in [-0.05, 0) is 47.9 Å². The van der Waals surface area contributed by atoms with Crippen LogP contribution in [0, 0.1) is 12.7 Å². The normalized spacial score (nSPS) is 18.5. The molecule has 0 radical (unpaired) electrons. The Bertz CT molecular complexity index is 705. The van der Waals surface area contributed by atoms with Crippen LogP contribution in [0.25, 0.3) is 5.69 Å². The predicted molar refractivity (Wildman–Crippen MR) is 85.8 cm³/mol. The quantitative estimate of drug-likeness (QED) is 0.925. The molecule has 0 bridgehead atoms. The van der Waals surface area contributed by atoms with Gasteiger partial charge in [-0.25, -0.2) is 4.39 Å². The first kappa shape index (κ1) is 15.9. The molecule has 1 fully saturated rings. The topological polar surface area (TPSA) is 72.7 Å². The van der Waals surface area contributed by atoms with Crippen LogP contribution in [0.5, 0.6) is 0 Å². The minimum atomic E-state index is -0.374. The molecule has 2 heterocycles. The Balaban J connectivity index is 1.76. The van der Waals surface area contributed by atoms with Crippen molar-refractivity contribution in [2.24, 2.45) is 0 Å². The molecule has 1 aromatic carbocycles. The lowest BCUT2D eigenvalue weighted by Crippen LogP contribution is -2.30. The summed E-state index contributed by atoms with van der Waals surface area (Å²) in [4.78, 5) is 12.0. The van der Waals surface area contributed by atoms with Crippen LogP contribution in [0.1, 0.15) is 30.7 Å². The van der Waals surface area contributed by atoms with E-state index in [-0.39, 0.29) is 17.0 Å². The molecule has 1 amide bonds. The van der Waals surface area contributed by atoms with Gasteiger partial charge in [0.05, 0.1) is 11.0 Å². The van der Waals surface area contributed by atoms with Crippen molar-refractivity contribution in [3.05, 3.63) is 35.4 Å². The first-order chi connectivity index (χ1) is 11.1. The Morgan fingerprint density at radius 2 is 2.30 bits per heavy atom. The van der Waals surface area contributed by atoms with Gasteiger partial charge in [-0.3, -0.25) is 4.79 Å². The zero-order valence-electron chi connectivity index (χ0n) is 12.8. The van der Waals surface area contributed by atoms with Gasteiger partial charge in [-0.1, -0.05) is 12.5 Å². The summed E-state index contributed by atoms with van der Waals surface area (Å²) in [5, 5.41) is 14.3. The molecule has 1 N–H and O–H groups in total. The highest BCUT2D eigenvalue weighted by Gasteiger charge is 2.22. The smallest absolute Gasteiger partial charge is 0.233 e. The van der Waals surface area contributed by atoms with Crippen LogP contribution in [-0.2, 0) is 10.5 Å². The molecule has 122 valence electrons. The molecular weight excluding hydrogens is 317 g/mol. The van der Waals surface area contributed by atoms with Crippen LogP contribution in [0.2, 0.25) is 0 Å². The van der Waals surface area contributed by atoms with Crippen molar-refractivity contribution in [3.63, 3.8) is 0 Å². The van der Waals surface area contributed by atoms with E-state index in [1.54, 1.807) is 12.1 Å². The molecule has 23 heavy (non-hydrogen) atoms.